The minimum atomic E-state index is -0.808. The van der Waals surface area contributed by atoms with Crippen LogP contribution in [0.2, 0.25) is 0 Å². The summed E-state index contributed by atoms with van der Waals surface area (Å²) in [7, 11) is 0. The van der Waals surface area contributed by atoms with Crippen LogP contribution in [0, 0.1) is 0 Å². The number of anilines is 3. The van der Waals surface area contributed by atoms with Gasteiger partial charge in [0.15, 0.2) is 0 Å². The van der Waals surface area contributed by atoms with E-state index in [4.69, 9.17) is 9.47 Å². The molecule has 2 N–H and O–H groups in total. The molecule has 0 bridgehead atoms. The van der Waals surface area contributed by atoms with Crippen molar-refractivity contribution >= 4 is 23.0 Å². The molecule has 0 amide bonds. The number of morpholine rings is 1. The molecule has 1 aromatic carbocycles. The zero-order chi connectivity index (χ0) is 21.7. The van der Waals surface area contributed by atoms with Gasteiger partial charge < -0.3 is 24.8 Å². The van der Waals surface area contributed by atoms with Crippen LogP contribution in [0.15, 0.2) is 30.6 Å². The van der Waals surface area contributed by atoms with Crippen molar-refractivity contribution in [2.75, 3.05) is 29.9 Å². The Balaban J connectivity index is 1.91. The van der Waals surface area contributed by atoms with E-state index in [1.807, 2.05) is 26.0 Å². The Hall–Kier alpha value is -2.87. The summed E-state index contributed by atoms with van der Waals surface area (Å²) >= 11 is 0. The molecule has 1 fully saturated rings. The highest BCUT2D eigenvalue weighted by molar-refractivity contribution is 5.76. The van der Waals surface area contributed by atoms with Crippen LogP contribution < -0.4 is 15.0 Å². The minimum Gasteiger partial charge on any atom is -0.481 e. The summed E-state index contributed by atoms with van der Waals surface area (Å²) in [5.41, 5.74) is 3.62. The van der Waals surface area contributed by atoms with Gasteiger partial charge in [-0.2, -0.15) is 0 Å². The third kappa shape index (κ3) is 5.60. The summed E-state index contributed by atoms with van der Waals surface area (Å²) in [6, 6.07) is 6.41. The Morgan fingerprint density at radius 1 is 1.30 bits per heavy atom. The van der Waals surface area contributed by atoms with Gasteiger partial charge in [-0.25, -0.2) is 9.97 Å². The molecule has 0 radical (unpaired) electrons. The lowest BCUT2D eigenvalue weighted by Gasteiger charge is -2.38. The number of carboxylic acids is 1. The predicted octanol–water partition coefficient (Wildman–Crippen LogP) is 3.81. The van der Waals surface area contributed by atoms with E-state index in [1.165, 1.54) is 0 Å². The van der Waals surface area contributed by atoms with Crippen LogP contribution >= 0.6 is 0 Å². The zero-order valence-corrected chi connectivity index (χ0v) is 18.0. The lowest BCUT2D eigenvalue weighted by molar-refractivity contribution is -0.137. The van der Waals surface area contributed by atoms with E-state index in [2.05, 4.69) is 40.1 Å². The van der Waals surface area contributed by atoms with Crippen molar-refractivity contribution in [3.8, 4) is 6.01 Å². The quantitative estimate of drug-likeness (QED) is 0.673. The Kier molecular flexibility index (Phi) is 7.10. The fourth-order valence-corrected chi connectivity index (χ4v) is 3.73. The number of nitrogens with zero attached hydrogens (tertiary/aromatic N) is 3. The molecule has 162 valence electrons. The maximum absolute atomic E-state index is 11.2. The summed E-state index contributed by atoms with van der Waals surface area (Å²) in [5, 5.41) is 12.6. The van der Waals surface area contributed by atoms with Gasteiger partial charge in [0.1, 0.15) is 0 Å². The molecule has 0 spiro atoms. The lowest BCUT2D eigenvalue weighted by Crippen LogP contribution is -2.45. The third-order valence-electron chi connectivity index (χ3n) is 5.01. The average Bonchev–Trinajstić information content (AvgIpc) is 2.68. The molecule has 8 nitrogen and oxygen atoms in total. The Bertz CT molecular complexity index is 849. The number of ether oxygens (including phenoxy) is 2. The Labute approximate surface area is 177 Å². The van der Waals surface area contributed by atoms with Gasteiger partial charge in [0.2, 0.25) is 0 Å². The van der Waals surface area contributed by atoms with Crippen molar-refractivity contribution in [1.29, 1.82) is 0 Å². The van der Waals surface area contributed by atoms with E-state index in [-0.39, 0.29) is 24.5 Å². The van der Waals surface area contributed by atoms with Crippen LogP contribution in [0.1, 0.15) is 45.6 Å². The molecule has 3 atom stereocenters. The number of hydrogen-bond donors (Lipinski definition) is 2. The van der Waals surface area contributed by atoms with Crippen molar-refractivity contribution in [1.82, 2.24) is 9.97 Å². The second-order valence-corrected chi connectivity index (χ2v) is 7.75. The highest BCUT2D eigenvalue weighted by atomic mass is 16.5. The van der Waals surface area contributed by atoms with Crippen molar-refractivity contribution in [2.45, 2.75) is 52.2 Å². The van der Waals surface area contributed by atoms with E-state index < -0.39 is 5.97 Å². The molecular formula is C22H30N4O4. The van der Waals surface area contributed by atoms with E-state index in [9.17, 15) is 9.90 Å². The van der Waals surface area contributed by atoms with Crippen LogP contribution in [-0.4, -0.2) is 52.9 Å². The number of benzene rings is 1. The fourth-order valence-electron chi connectivity index (χ4n) is 3.73. The van der Waals surface area contributed by atoms with Crippen LogP contribution in [-0.2, 0) is 9.53 Å². The summed E-state index contributed by atoms with van der Waals surface area (Å²) in [6.07, 6.45) is 3.69. The first-order valence-corrected chi connectivity index (χ1v) is 10.3. The standard InChI is InChI=1S/C22H30N4O4/c1-5-29-22-23-10-18(11-24-22)25-19-9-17(14(2)8-21(27)28)6-7-20(19)26-12-15(3)30-16(4)13-26/h6-7,9-11,14-16,25H,5,8,12-13H2,1-4H3,(H,27,28)/t14?,15-,16+. The summed E-state index contributed by atoms with van der Waals surface area (Å²) in [4.78, 5) is 21.9. The maximum atomic E-state index is 11.2. The number of rotatable bonds is 8. The maximum Gasteiger partial charge on any atom is 0.316 e. The number of aromatic nitrogens is 2. The van der Waals surface area contributed by atoms with E-state index in [0.717, 1.165) is 35.7 Å². The highest BCUT2D eigenvalue weighted by Gasteiger charge is 2.25. The second-order valence-electron chi connectivity index (χ2n) is 7.75. The van der Waals surface area contributed by atoms with Crippen LogP contribution in [0.5, 0.6) is 6.01 Å². The normalized spacial score (nSPS) is 19.9. The predicted molar refractivity (Wildman–Crippen MR) is 116 cm³/mol. The second kappa shape index (κ2) is 9.75. The summed E-state index contributed by atoms with van der Waals surface area (Å²) < 4.78 is 11.2. The average molecular weight is 415 g/mol. The van der Waals surface area contributed by atoms with Gasteiger partial charge in [0.05, 0.1) is 54.7 Å². The van der Waals surface area contributed by atoms with Gasteiger partial charge in [0, 0.05) is 13.1 Å². The van der Waals surface area contributed by atoms with Crippen LogP contribution in [0.25, 0.3) is 0 Å². The molecule has 0 aliphatic carbocycles. The lowest BCUT2D eigenvalue weighted by atomic mass is 9.96. The van der Waals surface area contributed by atoms with Crippen LogP contribution in [0.4, 0.5) is 17.1 Å². The summed E-state index contributed by atoms with van der Waals surface area (Å²) in [6.45, 7) is 10.0. The Morgan fingerprint density at radius 2 is 1.97 bits per heavy atom. The van der Waals surface area contributed by atoms with E-state index in [1.54, 1.807) is 12.4 Å². The number of hydrogen-bond acceptors (Lipinski definition) is 7. The van der Waals surface area contributed by atoms with Gasteiger partial charge in [-0.3, -0.25) is 4.79 Å². The van der Waals surface area contributed by atoms with Gasteiger partial charge in [0.25, 0.3) is 0 Å². The van der Waals surface area contributed by atoms with Crippen molar-refractivity contribution in [2.24, 2.45) is 0 Å². The molecule has 8 heteroatoms. The van der Waals surface area contributed by atoms with Crippen molar-refractivity contribution in [3.63, 3.8) is 0 Å². The molecule has 1 aliphatic heterocycles. The first-order valence-electron chi connectivity index (χ1n) is 10.3. The highest BCUT2D eigenvalue weighted by Crippen LogP contribution is 2.34. The smallest absolute Gasteiger partial charge is 0.316 e. The van der Waals surface area contributed by atoms with Crippen molar-refractivity contribution in [3.05, 3.63) is 36.2 Å². The summed E-state index contributed by atoms with van der Waals surface area (Å²) in [5.74, 6) is -0.909. The number of nitrogens with one attached hydrogen (secondary N) is 1. The molecule has 2 aromatic rings. The van der Waals surface area contributed by atoms with Gasteiger partial charge in [-0.1, -0.05) is 13.0 Å². The first kappa shape index (κ1) is 21.8. The molecular weight excluding hydrogens is 384 g/mol. The van der Waals surface area contributed by atoms with E-state index in [0.29, 0.717) is 12.6 Å². The minimum absolute atomic E-state index is 0.0799. The fraction of sp³-hybridized carbons (Fsp3) is 0.500. The van der Waals surface area contributed by atoms with Crippen molar-refractivity contribution < 1.29 is 19.4 Å². The third-order valence-corrected chi connectivity index (χ3v) is 5.01. The topological polar surface area (TPSA) is 96.8 Å². The molecule has 30 heavy (non-hydrogen) atoms. The molecule has 2 heterocycles. The van der Waals surface area contributed by atoms with Gasteiger partial charge >= 0.3 is 12.0 Å². The number of carboxylic acid groups (broad SMARTS) is 1. The monoisotopic (exact) mass is 414 g/mol. The molecule has 1 aliphatic rings. The first-order chi connectivity index (χ1) is 14.4. The molecule has 0 saturated carbocycles. The largest absolute Gasteiger partial charge is 0.481 e. The molecule has 3 rings (SSSR count). The molecule has 1 saturated heterocycles. The van der Waals surface area contributed by atoms with Crippen LogP contribution in [0.3, 0.4) is 0 Å². The Morgan fingerprint density at radius 3 is 2.57 bits per heavy atom. The number of carbonyl (C=O) groups is 1. The SMILES string of the molecule is CCOc1ncc(Nc2cc(C(C)CC(=O)O)ccc2N2C[C@@H](C)O[C@@H](C)C2)cn1. The molecule has 1 unspecified atom stereocenters. The molecule has 1 aromatic heterocycles. The zero-order valence-electron chi connectivity index (χ0n) is 18.0. The number of aliphatic carboxylic acids is 1. The van der Waals surface area contributed by atoms with Gasteiger partial charge in [-0.15, -0.1) is 0 Å². The van der Waals surface area contributed by atoms with E-state index >= 15 is 0 Å². The van der Waals surface area contributed by atoms with Gasteiger partial charge in [-0.05, 0) is 44.4 Å².